The first-order valence-electron chi connectivity index (χ1n) is 6.05. The van der Waals surface area contributed by atoms with Gasteiger partial charge < -0.3 is 15.4 Å². The Morgan fingerprint density at radius 3 is 3.17 bits per heavy atom. The number of benzene rings is 1. The van der Waals surface area contributed by atoms with Crippen LogP contribution in [0.5, 0.6) is 0 Å². The van der Waals surface area contributed by atoms with Crippen molar-refractivity contribution < 1.29 is 9.53 Å². The summed E-state index contributed by atoms with van der Waals surface area (Å²) in [5, 5.41) is 0. The minimum absolute atomic E-state index is 0.144. The predicted molar refractivity (Wildman–Crippen MR) is 75.0 cm³/mol. The lowest BCUT2D eigenvalue weighted by molar-refractivity contribution is -0.140. The Kier molecular flexibility index (Phi) is 4.36. The molecule has 0 bridgehead atoms. The molecular formula is C13H18N2O2S. The molecule has 1 aromatic carbocycles. The molecular weight excluding hydrogens is 248 g/mol. The van der Waals surface area contributed by atoms with E-state index >= 15 is 0 Å². The van der Waals surface area contributed by atoms with Gasteiger partial charge in [-0.2, -0.15) is 0 Å². The average Bonchev–Trinajstić information content (AvgIpc) is 2.39. The van der Waals surface area contributed by atoms with E-state index in [1.165, 1.54) is 17.7 Å². The molecule has 0 aromatic heterocycles. The van der Waals surface area contributed by atoms with Crippen LogP contribution in [0.4, 0.5) is 11.4 Å². The molecule has 0 amide bonds. The van der Waals surface area contributed by atoms with Crippen molar-refractivity contribution in [1.29, 1.82) is 0 Å². The molecule has 98 valence electrons. The molecule has 5 heteroatoms. The maximum Gasteiger partial charge on any atom is 0.305 e. The van der Waals surface area contributed by atoms with Gasteiger partial charge in [0, 0.05) is 35.8 Å². The lowest BCUT2D eigenvalue weighted by Crippen LogP contribution is -2.30. The van der Waals surface area contributed by atoms with E-state index in [1.54, 1.807) is 0 Å². The molecule has 1 aliphatic rings. The van der Waals surface area contributed by atoms with Crippen LogP contribution in [-0.4, -0.2) is 31.9 Å². The molecule has 0 aliphatic carbocycles. The highest BCUT2D eigenvalue weighted by atomic mass is 32.2. The molecule has 2 N–H and O–H groups in total. The molecule has 0 fully saturated rings. The predicted octanol–water partition coefficient (Wildman–Crippen LogP) is 2.13. The number of fused-ring (bicyclic) bond motifs is 1. The Morgan fingerprint density at radius 1 is 1.56 bits per heavy atom. The van der Waals surface area contributed by atoms with E-state index in [4.69, 9.17) is 5.73 Å². The number of esters is 1. The molecule has 1 aliphatic heterocycles. The first-order chi connectivity index (χ1) is 8.70. The van der Waals surface area contributed by atoms with Gasteiger partial charge in [0.15, 0.2) is 0 Å². The fourth-order valence-electron chi connectivity index (χ4n) is 2.04. The number of hydrogen-bond donors (Lipinski definition) is 1. The number of hydrogen-bond acceptors (Lipinski definition) is 5. The van der Waals surface area contributed by atoms with Crippen LogP contribution in [-0.2, 0) is 9.53 Å². The maximum atomic E-state index is 11.1. The van der Waals surface area contributed by atoms with E-state index < -0.39 is 0 Å². The van der Waals surface area contributed by atoms with Crippen LogP contribution in [0.3, 0.4) is 0 Å². The third-order valence-electron chi connectivity index (χ3n) is 2.98. The second-order valence-electron chi connectivity index (χ2n) is 4.24. The lowest BCUT2D eigenvalue weighted by Gasteiger charge is -2.31. The number of nitrogens with zero attached hydrogens (tertiary/aromatic N) is 1. The van der Waals surface area contributed by atoms with E-state index in [2.05, 4.69) is 15.7 Å². The number of carbonyl (C=O) groups is 1. The second-order valence-corrected chi connectivity index (χ2v) is 5.38. The smallest absolute Gasteiger partial charge is 0.305 e. The van der Waals surface area contributed by atoms with Gasteiger partial charge in [0.25, 0.3) is 0 Å². The van der Waals surface area contributed by atoms with Crippen molar-refractivity contribution in [3.63, 3.8) is 0 Å². The highest BCUT2D eigenvalue weighted by molar-refractivity contribution is 7.99. The Labute approximate surface area is 111 Å². The van der Waals surface area contributed by atoms with Gasteiger partial charge in [0.1, 0.15) is 0 Å². The fraction of sp³-hybridized carbons (Fsp3) is 0.462. The van der Waals surface area contributed by atoms with Gasteiger partial charge >= 0.3 is 5.97 Å². The van der Waals surface area contributed by atoms with Crippen LogP contribution in [0.2, 0.25) is 0 Å². The standard InChI is InChI=1S/C13H18N2O2S/c1-17-13(16)3-2-6-15-7-8-18-12-5-4-10(14)9-11(12)15/h4-5,9H,2-3,6-8,14H2,1H3. The van der Waals surface area contributed by atoms with Crippen molar-refractivity contribution in [2.75, 3.05) is 36.6 Å². The van der Waals surface area contributed by atoms with Crippen LogP contribution in [0.25, 0.3) is 0 Å². The van der Waals surface area contributed by atoms with Crippen LogP contribution in [0.15, 0.2) is 23.1 Å². The van der Waals surface area contributed by atoms with Crippen molar-refractivity contribution in [3.05, 3.63) is 18.2 Å². The van der Waals surface area contributed by atoms with Gasteiger partial charge in [0.05, 0.1) is 12.8 Å². The van der Waals surface area contributed by atoms with E-state index in [9.17, 15) is 4.79 Å². The SMILES string of the molecule is COC(=O)CCCN1CCSc2ccc(N)cc21. The van der Waals surface area contributed by atoms with Crippen molar-refractivity contribution in [2.24, 2.45) is 0 Å². The molecule has 2 rings (SSSR count). The third-order valence-corrected chi connectivity index (χ3v) is 4.02. The van der Waals surface area contributed by atoms with Crippen LogP contribution in [0.1, 0.15) is 12.8 Å². The average molecular weight is 266 g/mol. The lowest BCUT2D eigenvalue weighted by atomic mass is 10.2. The quantitative estimate of drug-likeness (QED) is 0.668. The molecule has 4 nitrogen and oxygen atoms in total. The first-order valence-corrected chi connectivity index (χ1v) is 7.03. The summed E-state index contributed by atoms with van der Waals surface area (Å²) >= 11 is 1.86. The molecule has 0 atom stereocenters. The molecule has 0 spiro atoms. The highest BCUT2D eigenvalue weighted by Crippen LogP contribution is 2.36. The zero-order valence-electron chi connectivity index (χ0n) is 10.5. The Morgan fingerprint density at radius 2 is 2.39 bits per heavy atom. The number of ether oxygens (including phenoxy) is 1. The molecule has 18 heavy (non-hydrogen) atoms. The molecule has 0 saturated heterocycles. The van der Waals surface area contributed by atoms with Gasteiger partial charge in [-0.15, -0.1) is 11.8 Å². The number of rotatable bonds is 4. The second kappa shape index (κ2) is 6.00. The summed E-state index contributed by atoms with van der Waals surface area (Å²) in [7, 11) is 1.43. The Hall–Kier alpha value is -1.36. The minimum atomic E-state index is -0.144. The van der Waals surface area contributed by atoms with Crippen LogP contribution < -0.4 is 10.6 Å². The number of carbonyl (C=O) groups excluding carboxylic acids is 1. The Bertz CT molecular complexity index is 437. The molecule has 0 unspecified atom stereocenters. The van der Waals surface area contributed by atoms with Gasteiger partial charge in [-0.25, -0.2) is 0 Å². The van der Waals surface area contributed by atoms with Crippen molar-refractivity contribution in [3.8, 4) is 0 Å². The summed E-state index contributed by atoms with van der Waals surface area (Å²) in [6, 6.07) is 6.02. The van der Waals surface area contributed by atoms with Gasteiger partial charge in [-0.1, -0.05) is 0 Å². The molecule has 0 saturated carbocycles. The summed E-state index contributed by atoms with van der Waals surface area (Å²) in [6.45, 7) is 1.87. The molecule has 1 aromatic rings. The summed E-state index contributed by atoms with van der Waals surface area (Å²) < 4.78 is 4.65. The van der Waals surface area contributed by atoms with Gasteiger partial charge in [0.2, 0.25) is 0 Å². The number of nitrogens with two attached hydrogens (primary N) is 1. The number of thioether (sulfide) groups is 1. The maximum absolute atomic E-state index is 11.1. The minimum Gasteiger partial charge on any atom is -0.469 e. The fourth-order valence-corrected chi connectivity index (χ4v) is 3.07. The largest absolute Gasteiger partial charge is 0.469 e. The van der Waals surface area contributed by atoms with E-state index in [1.807, 2.05) is 23.9 Å². The zero-order valence-corrected chi connectivity index (χ0v) is 11.3. The Balaban J connectivity index is 1.99. The number of methoxy groups -OCH3 is 1. The van der Waals surface area contributed by atoms with Gasteiger partial charge in [-0.3, -0.25) is 4.79 Å². The number of nitrogen functional groups attached to an aromatic ring is 1. The topological polar surface area (TPSA) is 55.6 Å². The van der Waals surface area contributed by atoms with Crippen LogP contribution in [0, 0.1) is 0 Å². The monoisotopic (exact) mass is 266 g/mol. The van der Waals surface area contributed by atoms with E-state index in [0.717, 1.165) is 31.0 Å². The summed E-state index contributed by atoms with van der Waals surface area (Å²) in [6.07, 6.45) is 1.28. The highest BCUT2D eigenvalue weighted by Gasteiger charge is 2.17. The van der Waals surface area contributed by atoms with Gasteiger partial charge in [-0.05, 0) is 24.6 Å². The van der Waals surface area contributed by atoms with Crippen LogP contribution >= 0.6 is 11.8 Å². The first kappa shape index (κ1) is 13.1. The molecule has 0 radical (unpaired) electrons. The molecule has 1 heterocycles. The third kappa shape index (κ3) is 3.10. The van der Waals surface area contributed by atoms with E-state index in [-0.39, 0.29) is 5.97 Å². The summed E-state index contributed by atoms with van der Waals surface area (Å²) in [5.41, 5.74) is 7.81. The normalized spacial score (nSPS) is 14.2. The van der Waals surface area contributed by atoms with Crippen molar-refractivity contribution in [2.45, 2.75) is 17.7 Å². The van der Waals surface area contributed by atoms with E-state index in [0.29, 0.717) is 6.42 Å². The number of anilines is 2. The van der Waals surface area contributed by atoms with Crippen molar-refractivity contribution >= 4 is 29.1 Å². The zero-order chi connectivity index (χ0) is 13.0. The van der Waals surface area contributed by atoms with Crippen molar-refractivity contribution in [1.82, 2.24) is 0 Å². The summed E-state index contributed by atoms with van der Waals surface area (Å²) in [4.78, 5) is 14.7. The summed E-state index contributed by atoms with van der Waals surface area (Å²) in [5.74, 6) is 0.934.